The maximum absolute atomic E-state index is 12.5. The Morgan fingerprint density at radius 1 is 1.29 bits per heavy atom. The number of fused-ring (bicyclic) bond motifs is 1. The Hall–Kier alpha value is -2.34. The number of carbonyl (C=O) groups is 1. The predicted octanol–water partition coefficient (Wildman–Crippen LogP) is 2.40. The summed E-state index contributed by atoms with van der Waals surface area (Å²) >= 11 is 0. The smallest absolute Gasteiger partial charge is 0.226 e. The van der Waals surface area contributed by atoms with Gasteiger partial charge in [-0.1, -0.05) is 18.2 Å². The first-order valence-electron chi connectivity index (χ1n) is 8.21. The van der Waals surface area contributed by atoms with E-state index in [9.17, 15) is 4.79 Å². The Labute approximate surface area is 142 Å². The summed E-state index contributed by atoms with van der Waals surface area (Å²) in [4.78, 5) is 18.9. The van der Waals surface area contributed by atoms with Gasteiger partial charge in [0.1, 0.15) is 11.6 Å². The lowest BCUT2D eigenvalue weighted by Crippen LogP contribution is -2.42. The van der Waals surface area contributed by atoms with Crippen LogP contribution in [0.25, 0.3) is 0 Å². The van der Waals surface area contributed by atoms with Crippen molar-refractivity contribution in [3.8, 4) is 5.75 Å². The number of aromatic nitrogens is 2. The monoisotopic (exact) mass is 329 g/mol. The summed E-state index contributed by atoms with van der Waals surface area (Å²) in [5.41, 5.74) is 1.05. The van der Waals surface area contributed by atoms with Crippen LogP contribution >= 0.6 is 0 Å². The van der Waals surface area contributed by atoms with Gasteiger partial charge in [-0.25, -0.2) is 4.98 Å². The van der Waals surface area contributed by atoms with Crippen molar-refractivity contribution < 1.29 is 14.3 Å². The Morgan fingerprint density at radius 2 is 2.08 bits per heavy atom. The number of methoxy groups -OCH3 is 1. The molecule has 0 N–H and O–H groups in total. The first-order chi connectivity index (χ1) is 11.7. The Balaban J connectivity index is 1.58. The molecule has 0 radical (unpaired) electrons. The van der Waals surface area contributed by atoms with E-state index in [-0.39, 0.29) is 11.9 Å². The molecule has 6 nitrogen and oxygen atoms in total. The highest BCUT2D eigenvalue weighted by Crippen LogP contribution is 2.26. The van der Waals surface area contributed by atoms with E-state index in [1.807, 2.05) is 48.4 Å². The number of ether oxygens (including phenoxy) is 2. The van der Waals surface area contributed by atoms with Gasteiger partial charge in [-0.3, -0.25) is 4.79 Å². The van der Waals surface area contributed by atoms with Crippen LogP contribution in [0.5, 0.6) is 5.75 Å². The standard InChI is InChI=1S/C18H23N3O3/c1-14-18-19-12-15(13-23-2)21(18)10-9-20(14)17(22)8-11-24-16-6-4-3-5-7-16/h3-7,12,14H,8-11,13H2,1-2H3. The van der Waals surface area contributed by atoms with Crippen LogP contribution in [0.3, 0.4) is 0 Å². The van der Waals surface area contributed by atoms with Crippen molar-refractivity contribution in [2.45, 2.75) is 32.5 Å². The highest BCUT2D eigenvalue weighted by molar-refractivity contribution is 5.76. The summed E-state index contributed by atoms with van der Waals surface area (Å²) in [7, 11) is 1.68. The lowest BCUT2D eigenvalue weighted by molar-refractivity contribution is -0.135. The molecule has 1 aromatic heterocycles. The summed E-state index contributed by atoms with van der Waals surface area (Å²) < 4.78 is 13.0. The molecule has 0 spiro atoms. The second kappa shape index (κ2) is 7.49. The van der Waals surface area contributed by atoms with E-state index in [2.05, 4.69) is 9.55 Å². The number of benzene rings is 1. The third-order valence-corrected chi connectivity index (χ3v) is 4.32. The largest absolute Gasteiger partial charge is 0.493 e. The van der Waals surface area contributed by atoms with Crippen LogP contribution < -0.4 is 4.74 Å². The molecule has 0 saturated carbocycles. The van der Waals surface area contributed by atoms with Gasteiger partial charge < -0.3 is 18.9 Å². The zero-order valence-corrected chi connectivity index (χ0v) is 14.1. The molecule has 6 heteroatoms. The molecule has 1 aliphatic heterocycles. The molecule has 0 bridgehead atoms. The van der Waals surface area contributed by atoms with E-state index in [1.54, 1.807) is 7.11 Å². The SMILES string of the molecule is COCc1cnc2n1CCN(C(=O)CCOc1ccccc1)C2C. The molecule has 0 saturated heterocycles. The van der Waals surface area contributed by atoms with E-state index < -0.39 is 0 Å². The van der Waals surface area contributed by atoms with Gasteiger partial charge >= 0.3 is 0 Å². The van der Waals surface area contributed by atoms with E-state index in [4.69, 9.17) is 9.47 Å². The van der Waals surface area contributed by atoms with Gasteiger partial charge in [0.15, 0.2) is 0 Å². The molecule has 1 aliphatic rings. The average Bonchev–Trinajstić information content (AvgIpc) is 3.00. The quantitative estimate of drug-likeness (QED) is 0.816. The fourth-order valence-corrected chi connectivity index (χ4v) is 3.08. The maximum Gasteiger partial charge on any atom is 0.226 e. The number of rotatable bonds is 6. The second-order valence-electron chi connectivity index (χ2n) is 5.87. The fraction of sp³-hybridized carbons (Fsp3) is 0.444. The normalized spacial score (nSPS) is 16.8. The molecule has 1 atom stereocenters. The predicted molar refractivity (Wildman–Crippen MR) is 89.6 cm³/mol. The summed E-state index contributed by atoms with van der Waals surface area (Å²) in [6, 6.07) is 9.52. The fourth-order valence-electron chi connectivity index (χ4n) is 3.08. The van der Waals surface area contributed by atoms with Crippen LogP contribution in [0.15, 0.2) is 36.5 Å². The highest BCUT2D eigenvalue weighted by Gasteiger charge is 2.29. The number of hydrogen-bond donors (Lipinski definition) is 0. The zero-order valence-electron chi connectivity index (χ0n) is 14.1. The first kappa shape index (κ1) is 16.5. The van der Waals surface area contributed by atoms with Crippen LogP contribution in [-0.2, 0) is 22.7 Å². The molecular weight excluding hydrogens is 306 g/mol. The topological polar surface area (TPSA) is 56.6 Å². The van der Waals surface area contributed by atoms with E-state index >= 15 is 0 Å². The Bertz CT molecular complexity index is 684. The van der Waals surface area contributed by atoms with Crippen molar-refractivity contribution in [2.75, 3.05) is 20.3 Å². The van der Waals surface area contributed by atoms with Crippen molar-refractivity contribution in [3.05, 3.63) is 48.0 Å². The number of amides is 1. The first-order valence-corrected chi connectivity index (χ1v) is 8.21. The molecule has 0 aliphatic carbocycles. The number of para-hydroxylation sites is 1. The lowest BCUT2D eigenvalue weighted by atomic mass is 10.2. The summed E-state index contributed by atoms with van der Waals surface area (Å²) in [5, 5.41) is 0. The van der Waals surface area contributed by atoms with Gasteiger partial charge in [-0.15, -0.1) is 0 Å². The number of hydrogen-bond acceptors (Lipinski definition) is 4. The minimum absolute atomic E-state index is 0.0337. The minimum atomic E-state index is -0.0337. The number of carbonyl (C=O) groups excluding carboxylic acids is 1. The van der Waals surface area contributed by atoms with Crippen molar-refractivity contribution in [2.24, 2.45) is 0 Å². The van der Waals surface area contributed by atoms with E-state index in [0.717, 1.165) is 23.8 Å². The van der Waals surface area contributed by atoms with Gasteiger partial charge in [0.05, 0.1) is 37.6 Å². The molecule has 24 heavy (non-hydrogen) atoms. The van der Waals surface area contributed by atoms with Gasteiger partial charge in [0.2, 0.25) is 5.91 Å². The van der Waals surface area contributed by atoms with E-state index in [1.165, 1.54) is 0 Å². The highest BCUT2D eigenvalue weighted by atomic mass is 16.5. The lowest BCUT2D eigenvalue weighted by Gasteiger charge is -2.34. The van der Waals surface area contributed by atoms with Crippen LogP contribution in [0.1, 0.15) is 30.9 Å². The van der Waals surface area contributed by atoms with E-state index in [0.29, 0.717) is 26.2 Å². The van der Waals surface area contributed by atoms with Crippen molar-refractivity contribution >= 4 is 5.91 Å². The number of nitrogens with zero attached hydrogens (tertiary/aromatic N) is 3. The molecule has 3 rings (SSSR count). The van der Waals surface area contributed by atoms with Gasteiger partial charge in [0, 0.05) is 20.2 Å². The van der Waals surface area contributed by atoms with Crippen LogP contribution in [0.2, 0.25) is 0 Å². The molecule has 2 heterocycles. The molecule has 1 amide bonds. The minimum Gasteiger partial charge on any atom is -0.493 e. The van der Waals surface area contributed by atoms with Crippen LogP contribution in [0.4, 0.5) is 0 Å². The summed E-state index contributed by atoms with van der Waals surface area (Å²) in [6.07, 6.45) is 2.20. The molecule has 128 valence electrons. The average molecular weight is 329 g/mol. The number of imidazole rings is 1. The third kappa shape index (κ3) is 3.43. The van der Waals surface area contributed by atoms with Gasteiger partial charge in [-0.2, -0.15) is 0 Å². The zero-order chi connectivity index (χ0) is 16.9. The van der Waals surface area contributed by atoms with Crippen molar-refractivity contribution in [3.63, 3.8) is 0 Å². The summed E-state index contributed by atoms with van der Waals surface area (Å²) in [6.45, 7) is 4.38. The Kier molecular flexibility index (Phi) is 5.15. The third-order valence-electron chi connectivity index (χ3n) is 4.32. The molecule has 1 unspecified atom stereocenters. The van der Waals surface area contributed by atoms with Gasteiger partial charge in [-0.05, 0) is 19.1 Å². The van der Waals surface area contributed by atoms with Crippen molar-refractivity contribution in [1.29, 1.82) is 0 Å². The second-order valence-corrected chi connectivity index (χ2v) is 5.87. The molecule has 1 aromatic carbocycles. The van der Waals surface area contributed by atoms with Gasteiger partial charge in [0.25, 0.3) is 0 Å². The molecule has 2 aromatic rings. The Morgan fingerprint density at radius 3 is 2.83 bits per heavy atom. The molecule has 0 fully saturated rings. The van der Waals surface area contributed by atoms with Crippen LogP contribution in [0, 0.1) is 0 Å². The maximum atomic E-state index is 12.5. The van der Waals surface area contributed by atoms with Crippen LogP contribution in [-0.4, -0.2) is 40.6 Å². The molecular formula is C18H23N3O3. The van der Waals surface area contributed by atoms with Crippen molar-refractivity contribution in [1.82, 2.24) is 14.5 Å². The summed E-state index contributed by atoms with van der Waals surface area (Å²) in [5.74, 6) is 1.81.